The lowest BCUT2D eigenvalue weighted by Gasteiger charge is -2.09. The topological polar surface area (TPSA) is 80.2 Å². The summed E-state index contributed by atoms with van der Waals surface area (Å²) in [6, 6.07) is 17.9. The van der Waals surface area contributed by atoms with Crippen LogP contribution >= 0.6 is 0 Å². The summed E-state index contributed by atoms with van der Waals surface area (Å²) in [5.41, 5.74) is 2.58. The first-order chi connectivity index (χ1) is 13.1. The zero-order valence-electron chi connectivity index (χ0n) is 14.4. The molecular formula is C21H17N3O3. The average Bonchev–Trinajstić information content (AvgIpc) is 3.05. The van der Waals surface area contributed by atoms with Crippen LogP contribution in [0.4, 0.5) is 5.69 Å². The predicted octanol–water partition coefficient (Wildman–Crippen LogP) is 2.39. The van der Waals surface area contributed by atoms with Gasteiger partial charge in [0.05, 0.1) is 6.54 Å². The largest absolute Gasteiger partial charge is 0.348 e. The molecule has 4 rings (SSSR count). The highest BCUT2D eigenvalue weighted by atomic mass is 16.2. The highest BCUT2D eigenvalue weighted by Gasteiger charge is 2.20. The lowest BCUT2D eigenvalue weighted by Crippen LogP contribution is -2.29. The lowest BCUT2D eigenvalue weighted by atomic mass is 10.1. The molecule has 1 aliphatic rings. The number of carbonyl (C=O) groups excluding carboxylic acids is 2. The Hall–Kier alpha value is -3.67. The summed E-state index contributed by atoms with van der Waals surface area (Å²) in [7, 11) is 0. The van der Waals surface area contributed by atoms with E-state index < -0.39 is 5.91 Å². The van der Waals surface area contributed by atoms with Gasteiger partial charge < -0.3 is 15.2 Å². The van der Waals surface area contributed by atoms with Gasteiger partial charge in [-0.3, -0.25) is 14.4 Å². The summed E-state index contributed by atoms with van der Waals surface area (Å²) in [6.07, 6.45) is 1.66. The second kappa shape index (κ2) is 6.92. The van der Waals surface area contributed by atoms with Crippen molar-refractivity contribution < 1.29 is 9.59 Å². The smallest absolute Gasteiger partial charge is 0.263 e. The third-order valence-corrected chi connectivity index (χ3v) is 4.51. The number of nitrogens with zero attached hydrogens (tertiary/aromatic N) is 1. The number of rotatable bonds is 4. The molecule has 0 atom stereocenters. The molecule has 2 heterocycles. The Kier molecular flexibility index (Phi) is 4.30. The van der Waals surface area contributed by atoms with Gasteiger partial charge in [-0.1, -0.05) is 36.4 Å². The van der Waals surface area contributed by atoms with E-state index in [2.05, 4.69) is 10.6 Å². The maximum Gasteiger partial charge on any atom is 0.263 e. The van der Waals surface area contributed by atoms with Crippen LogP contribution in [-0.4, -0.2) is 16.4 Å². The van der Waals surface area contributed by atoms with Gasteiger partial charge in [0, 0.05) is 24.0 Å². The molecule has 0 unspecified atom stereocenters. The summed E-state index contributed by atoms with van der Waals surface area (Å²) in [6.45, 7) is 0.880. The fourth-order valence-electron chi connectivity index (χ4n) is 3.10. The van der Waals surface area contributed by atoms with Crippen molar-refractivity contribution in [1.82, 2.24) is 9.88 Å². The summed E-state index contributed by atoms with van der Waals surface area (Å²) in [4.78, 5) is 37.0. The second-order valence-electron chi connectivity index (χ2n) is 6.35. The molecule has 0 saturated heterocycles. The van der Waals surface area contributed by atoms with Gasteiger partial charge in [-0.2, -0.15) is 0 Å². The summed E-state index contributed by atoms with van der Waals surface area (Å²) >= 11 is 0. The number of pyridine rings is 1. The van der Waals surface area contributed by atoms with Crippen molar-refractivity contribution in [3.63, 3.8) is 0 Å². The Morgan fingerprint density at radius 2 is 1.85 bits per heavy atom. The first-order valence-corrected chi connectivity index (χ1v) is 8.58. The van der Waals surface area contributed by atoms with E-state index >= 15 is 0 Å². The second-order valence-corrected chi connectivity index (χ2v) is 6.35. The minimum absolute atomic E-state index is 0.0541. The number of amides is 2. The van der Waals surface area contributed by atoms with Crippen LogP contribution in [0.5, 0.6) is 0 Å². The molecule has 6 heteroatoms. The zero-order chi connectivity index (χ0) is 18.8. The molecule has 1 aliphatic heterocycles. The minimum atomic E-state index is -0.499. The molecule has 2 N–H and O–H groups in total. The maximum atomic E-state index is 12.7. The monoisotopic (exact) mass is 359 g/mol. The van der Waals surface area contributed by atoms with Crippen LogP contribution in [0.3, 0.4) is 0 Å². The number of hydrogen-bond acceptors (Lipinski definition) is 3. The molecule has 2 amide bonds. The first kappa shape index (κ1) is 16.8. The number of hydrogen-bond donors (Lipinski definition) is 2. The van der Waals surface area contributed by atoms with E-state index in [0.717, 1.165) is 11.1 Å². The molecule has 0 fully saturated rings. The molecule has 3 aromatic rings. The molecule has 2 aromatic carbocycles. The Morgan fingerprint density at radius 1 is 1.04 bits per heavy atom. The van der Waals surface area contributed by atoms with Crippen molar-refractivity contribution in [3.05, 3.63) is 99.5 Å². The van der Waals surface area contributed by atoms with E-state index in [4.69, 9.17) is 0 Å². The van der Waals surface area contributed by atoms with Crippen LogP contribution in [0.2, 0.25) is 0 Å². The molecule has 0 saturated carbocycles. The van der Waals surface area contributed by atoms with Gasteiger partial charge in [-0.25, -0.2) is 0 Å². The predicted molar refractivity (Wildman–Crippen MR) is 102 cm³/mol. The lowest BCUT2D eigenvalue weighted by molar-refractivity contribution is 0.0964. The van der Waals surface area contributed by atoms with Gasteiger partial charge in [-0.15, -0.1) is 0 Å². The Balaban J connectivity index is 1.58. The highest BCUT2D eigenvalue weighted by Crippen LogP contribution is 2.20. The summed E-state index contributed by atoms with van der Waals surface area (Å²) < 4.78 is 1.50. The van der Waals surface area contributed by atoms with Crippen LogP contribution in [0.25, 0.3) is 0 Å². The van der Waals surface area contributed by atoms with E-state index in [9.17, 15) is 14.4 Å². The van der Waals surface area contributed by atoms with E-state index in [0.29, 0.717) is 24.3 Å². The van der Waals surface area contributed by atoms with Crippen molar-refractivity contribution in [1.29, 1.82) is 0 Å². The van der Waals surface area contributed by atoms with E-state index in [1.807, 2.05) is 30.3 Å². The molecule has 0 bridgehead atoms. The minimum Gasteiger partial charge on any atom is -0.348 e. The number of benzene rings is 2. The quantitative estimate of drug-likeness (QED) is 0.751. The molecule has 134 valence electrons. The van der Waals surface area contributed by atoms with E-state index in [1.54, 1.807) is 30.5 Å². The summed E-state index contributed by atoms with van der Waals surface area (Å²) in [5, 5.41) is 5.44. The third-order valence-electron chi connectivity index (χ3n) is 4.51. The maximum absolute atomic E-state index is 12.7. The zero-order valence-corrected chi connectivity index (χ0v) is 14.4. The Bertz CT molecular complexity index is 1090. The molecule has 6 nitrogen and oxygen atoms in total. The number of nitrogens with one attached hydrogen (secondary N) is 2. The molecule has 0 aliphatic carbocycles. The fourth-order valence-corrected chi connectivity index (χ4v) is 3.10. The number of anilines is 1. The Labute approximate surface area is 155 Å². The van der Waals surface area contributed by atoms with Gasteiger partial charge in [0.15, 0.2) is 0 Å². The van der Waals surface area contributed by atoms with Crippen molar-refractivity contribution in [2.75, 3.05) is 5.32 Å². The number of aromatic nitrogens is 1. The fraction of sp³-hybridized carbons (Fsp3) is 0.0952. The van der Waals surface area contributed by atoms with Crippen LogP contribution in [0.15, 0.2) is 71.7 Å². The van der Waals surface area contributed by atoms with Crippen LogP contribution < -0.4 is 16.2 Å². The standard InChI is InChI=1S/C21H17N3O3/c25-19-18-11-16(9-8-15(18)12-22-19)23-20(26)17-7-4-10-24(21(17)27)13-14-5-2-1-3-6-14/h1-11H,12-13H2,(H,22,25)(H,23,26). The number of carbonyl (C=O) groups is 2. The first-order valence-electron chi connectivity index (χ1n) is 8.58. The molecule has 1 aromatic heterocycles. The SMILES string of the molecule is O=C1NCc2ccc(NC(=O)c3cccn(Cc4ccccc4)c3=O)cc21. The van der Waals surface area contributed by atoms with E-state index in [1.165, 1.54) is 10.6 Å². The van der Waals surface area contributed by atoms with Crippen molar-refractivity contribution in [3.8, 4) is 0 Å². The number of fused-ring (bicyclic) bond motifs is 1. The summed E-state index contributed by atoms with van der Waals surface area (Å²) in [5.74, 6) is -0.660. The van der Waals surface area contributed by atoms with Crippen molar-refractivity contribution in [2.24, 2.45) is 0 Å². The van der Waals surface area contributed by atoms with Gasteiger partial charge >= 0.3 is 0 Å². The third kappa shape index (κ3) is 3.37. The Morgan fingerprint density at radius 3 is 2.67 bits per heavy atom. The van der Waals surface area contributed by atoms with Crippen LogP contribution in [0, 0.1) is 0 Å². The van der Waals surface area contributed by atoms with Gasteiger partial charge in [-0.05, 0) is 35.4 Å². The van der Waals surface area contributed by atoms with Gasteiger partial charge in [0.25, 0.3) is 17.4 Å². The average molecular weight is 359 g/mol. The van der Waals surface area contributed by atoms with E-state index in [-0.39, 0.29) is 17.0 Å². The van der Waals surface area contributed by atoms with Gasteiger partial charge in [0.2, 0.25) is 0 Å². The van der Waals surface area contributed by atoms with Crippen molar-refractivity contribution >= 4 is 17.5 Å². The normalized spacial score (nSPS) is 12.4. The van der Waals surface area contributed by atoms with Crippen LogP contribution in [0.1, 0.15) is 31.8 Å². The molecule has 27 heavy (non-hydrogen) atoms. The molecular weight excluding hydrogens is 342 g/mol. The molecule has 0 radical (unpaired) electrons. The van der Waals surface area contributed by atoms with Crippen molar-refractivity contribution in [2.45, 2.75) is 13.1 Å². The highest BCUT2D eigenvalue weighted by molar-refractivity contribution is 6.05. The van der Waals surface area contributed by atoms with Gasteiger partial charge in [0.1, 0.15) is 5.56 Å². The molecule has 0 spiro atoms. The van der Waals surface area contributed by atoms with Crippen LogP contribution in [-0.2, 0) is 13.1 Å².